The molecule has 2 aromatic rings. The number of carbonyl (C=O) groups excluding carboxylic acids is 2. The first-order valence-electron chi connectivity index (χ1n) is 7.63. The molecule has 0 radical (unpaired) electrons. The summed E-state index contributed by atoms with van der Waals surface area (Å²) in [5.74, 6) is -0.388. The van der Waals surface area contributed by atoms with Crippen LogP contribution in [0.25, 0.3) is 0 Å². The third-order valence-electron chi connectivity index (χ3n) is 3.76. The summed E-state index contributed by atoms with van der Waals surface area (Å²) in [6.45, 7) is 3.01. The summed E-state index contributed by atoms with van der Waals surface area (Å²) in [7, 11) is 0. The maximum Gasteiger partial charge on any atom is 0.341 e. The lowest BCUT2D eigenvalue weighted by Crippen LogP contribution is -2.38. The number of amides is 2. The van der Waals surface area contributed by atoms with Crippen molar-refractivity contribution in [2.75, 3.05) is 24.2 Å². The summed E-state index contributed by atoms with van der Waals surface area (Å²) in [5, 5.41) is 3.26. The number of fused-ring (bicyclic) bond motifs is 1. The van der Waals surface area contributed by atoms with Gasteiger partial charge in [0.1, 0.15) is 5.00 Å². The van der Waals surface area contributed by atoms with Gasteiger partial charge in [0.2, 0.25) is 0 Å². The second-order valence-corrected chi connectivity index (χ2v) is 6.44. The largest absolute Gasteiger partial charge is 0.462 e. The molecule has 0 fully saturated rings. The molecule has 7 nitrogen and oxygen atoms in total. The second-order valence-electron chi connectivity index (χ2n) is 5.31. The minimum absolute atomic E-state index is 0.196. The van der Waals surface area contributed by atoms with Gasteiger partial charge < -0.3 is 20.7 Å². The Morgan fingerprint density at radius 3 is 3.04 bits per heavy atom. The predicted octanol–water partition coefficient (Wildman–Crippen LogP) is 2.49. The summed E-state index contributed by atoms with van der Waals surface area (Å²) >= 11 is 1.34. The van der Waals surface area contributed by atoms with E-state index in [1.54, 1.807) is 36.4 Å². The van der Waals surface area contributed by atoms with Crippen molar-refractivity contribution < 1.29 is 14.3 Å². The molecule has 0 bridgehead atoms. The van der Waals surface area contributed by atoms with E-state index in [1.807, 2.05) is 0 Å². The monoisotopic (exact) mass is 346 g/mol. The highest BCUT2D eigenvalue weighted by atomic mass is 32.1. The van der Waals surface area contributed by atoms with Crippen molar-refractivity contribution in [3.05, 3.63) is 40.5 Å². The van der Waals surface area contributed by atoms with Crippen LogP contribution < -0.4 is 11.1 Å². The average molecular weight is 346 g/mol. The Kier molecular flexibility index (Phi) is 4.66. The van der Waals surface area contributed by atoms with Crippen LogP contribution in [0.5, 0.6) is 0 Å². The third-order valence-corrected chi connectivity index (χ3v) is 4.81. The number of nitrogen functional groups attached to an aromatic ring is 1. The number of aromatic nitrogens is 1. The van der Waals surface area contributed by atoms with E-state index >= 15 is 0 Å². The zero-order valence-electron chi connectivity index (χ0n) is 13.2. The smallest absolute Gasteiger partial charge is 0.341 e. The molecule has 2 aromatic heterocycles. The van der Waals surface area contributed by atoms with Gasteiger partial charge in [0.25, 0.3) is 0 Å². The fourth-order valence-corrected chi connectivity index (χ4v) is 3.79. The number of hydrogen-bond donors (Lipinski definition) is 2. The van der Waals surface area contributed by atoms with Crippen molar-refractivity contribution in [3.8, 4) is 0 Å². The van der Waals surface area contributed by atoms with E-state index in [0.29, 0.717) is 42.4 Å². The van der Waals surface area contributed by atoms with Crippen molar-refractivity contribution in [1.29, 1.82) is 0 Å². The molecule has 0 aliphatic carbocycles. The maximum absolute atomic E-state index is 12.4. The molecule has 8 heteroatoms. The first-order valence-corrected chi connectivity index (χ1v) is 8.45. The molecule has 2 amide bonds. The zero-order valence-corrected chi connectivity index (χ0v) is 14.1. The van der Waals surface area contributed by atoms with Gasteiger partial charge in [-0.25, -0.2) is 9.59 Å². The highest BCUT2D eigenvalue weighted by Gasteiger charge is 2.29. The van der Waals surface area contributed by atoms with Crippen LogP contribution in [0, 0.1) is 0 Å². The number of nitrogens with two attached hydrogens (primary N) is 1. The third kappa shape index (κ3) is 3.18. The van der Waals surface area contributed by atoms with Gasteiger partial charge in [-0.15, -0.1) is 11.3 Å². The van der Waals surface area contributed by atoms with Gasteiger partial charge in [0.05, 0.1) is 30.6 Å². The minimum Gasteiger partial charge on any atom is -0.462 e. The Balaban J connectivity index is 1.74. The second kappa shape index (κ2) is 6.88. The number of thiophene rings is 1. The summed E-state index contributed by atoms with van der Waals surface area (Å²) < 4.78 is 5.07. The molecule has 126 valence electrons. The Labute approximate surface area is 143 Å². The molecule has 1 aliphatic rings. The fourth-order valence-electron chi connectivity index (χ4n) is 2.66. The van der Waals surface area contributed by atoms with E-state index < -0.39 is 0 Å². The lowest BCUT2D eigenvalue weighted by atomic mass is 10.0. The van der Waals surface area contributed by atoms with Crippen LogP contribution in [0.15, 0.2) is 24.5 Å². The van der Waals surface area contributed by atoms with Crippen molar-refractivity contribution >= 4 is 34.0 Å². The Morgan fingerprint density at radius 1 is 1.50 bits per heavy atom. The Hall–Kier alpha value is -2.61. The minimum atomic E-state index is -0.388. The van der Waals surface area contributed by atoms with Gasteiger partial charge in [-0.2, -0.15) is 0 Å². The van der Waals surface area contributed by atoms with Gasteiger partial charge >= 0.3 is 12.0 Å². The van der Waals surface area contributed by atoms with E-state index in [9.17, 15) is 9.59 Å². The number of pyridine rings is 1. The van der Waals surface area contributed by atoms with E-state index in [1.165, 1.54) is 11.3 Å². The number of urea groups is 1. The van der Waals surface area contributed by atoms with E-state index in [4.69, 9.17) is 10.5 Å². The molecular formula is C16H18N4O3S. The number of rotatable bonds is 3. The van der Waals surface area contributed by atoms with Crippen molar-refractivity contribution in [3.63, 3.8) is 0 Å². The number of hydrogen-bond acceptors (Lipinski definition) is 6. The molecule has 3 heterocycles. The number of esters is 1. The first-order chi connectivity index (χ1) is 11.6. The van der Waals surface area contributed by atoms with Crippen LogP contribution in [-0.2, 0) is 17.7 Å². The van der Waals surface area contributed by atoms with Crippen LogP contribution in [0.3, 0.4) is 0 Å². The van der Waals surface area contributed by atoms with Crippen molar-refractivity contribution in [2.45, 2.75) is 19.9 Å². The van der Waals surface area contributed by atoms with Gasteiger partial charge in [0, 0.05) is 17.6 Å². The number of nitrogens with zero attached hydrogens (tertiary/aromatic N) is 2. The molecule has 0 atom stereocenters. The summed E-state index contributed by atoms with van der Waals surface area (Å²) in [5.41, 5.74) is 8.00. The van der Waals surface area contributed by atoms with Crippen LogP contribution in [-0.4, -0.2) is 35.0 Å². The van der Waals surface area contributed by atoms with E-state index in [0.717, 1.165) is 10.4 Å². The molecular weight excluding hydrogens is 328 g/mol. The molecule has 0 saturated heterocycles. The predicted molar refractivity (Wildman–Crippen MR) is 92.1 cm³/mol. The Bertz CT molecular complexity index is 760. The molecule has 0 unspecified atom stereocenters. The molecule has 0 spiro atoms. The van der Waals surface area contributed by atoms with E-state index in [-0.39, 0.29) is 12.0 Å². The highest BCUT2D eigenvalue weighted by Crippen LogP contribution is 2.35. The standard InChI is InChI=1S/C16H18N4O3S/c1-2-23-15(21)13-11-5-7-20(9-12(11)24-14(13)17)16(22)19-10-4-3-6-18-8-10/h3-4,6,8H,2,5,7,9,17H2,1H3,(H,19,22). The molecule has 3 N–H and O–H groups in total. The molecule has 3 rings (SSSR count). The molecule has 24 heavy (non-hydrogen) atoms. The summed E-state index contributed by atoms with van der Waals surface area (Å²) in [6, 6.07) is 3.34. The Morgan fingerprint density at radius 2 is 2.33 bits per heavy atom. The quantitative estimate of drug-likeness (QED) is 0.832. The van der Waals surface area contributed by atoms with Crippen LogP contribution in [0.2, 0.25) is 0 Å². The zero-order chi connectivity index (χ0) is 17.1. The fraction of sp³-hybridized carbons (Fsp3) is 0.312. The van der Waals surface area contributed by atoms with Crippen molar-refractivity contribution in [1.82, 2.24) is 9.88 Å². The summed E-state index contributed by atoms with van der Waals surface area (Å²) in [4.78, 5) is 31.0. The van der Waals surface area contributed by atoms with Crippen molar-refractivity contribution in [2.24, 2.45) is 0 Å². The normalized spacial score (nSPS) is 13.3. The lowest BCUT2D eigenvalue weighted by molar-refractivity contribution is 0.0526. The van der Waals surface area contributed by atoms with Gasteiger partial charge in [0.15, 0.2) is 0 Å². The topological polar surface area (TPSA) is 97.5 Å². The summed E-state index contributed by atoms with van der Waals surface area (Å²) in [6.07, 6.45) is 3.82. The number of carbonyl (C=O) groups is 2. The lowest BCUT2D eigenvalue weighted by Gasteiger charge is -2.27. The van der Waals surface area contributed by atoms with Gasteiger partial charge in [-0.3, -0.25) is 4.98 Å². The SMILES string of the molecule is CCOC(=O)c1c(N)sc2c1CCN(C(=O)Nc1cccnc1)C2. The first kappa shape index (κ1) is 16.3. The highest BCUT2D eigenvalue weighted by molar-refractivity contribution is 7.16. The maximum atomic E-state index is 12.4. The number of anilines is 2. The average Bonchev–Trinajstić information content (AvgIpc) is 2.90. The number of ether oxygens (including phenoxy) is 1. The van der Waals surface area contributed by atoms with Gasteiger partial charge in [-0.1, -0.05) is 0 Å². The molecule has 1 aliphatic heterocycles. The van der Waals surface area contributed by atoms with Crippen LogP contribution in [0.1, 0.15) is 27.7 Å². The van der Waals surface area contributed by atoms with E-state index in [2.05, 4.69) is 10.3 Å². The van der Waals surface area contributed by atoms with Crippen LogP contribution in [0.4, 0.5) is 15.5 Å². The van der Waals surface area contributed by atoms with Crippen LogP contribution >= 0.6 is 11.3 Å². The molecule has 0 aromatic carbocycles. The molecule has 0 saturated carbocycles. The van der Waals surface area contributed by atoms with Gasteiger partial charge in [-0.05, 0) is 31.0 Å². The number of nitrogens with one attached hydrogen (secondary N) is 1.